The van der Waals surface area contributed by atoms with Gasteiger partial charge >= 0.3 is 0 Å². The van der Waals surface area contributed by atoms with Crippen molar-refractivity contribution in [3.63, 3.8) is 0 Å². The summed E-state index contributed by atoms with van der Waals surface area (Å²) in [6.45, 7) is 9.55. The van der Waals surface area contributed by atoms with Gasteiger partial charge < -0.3 is 4.57 Å². The summed E-state index contributed by atoms with van der Waals surface area (Å²) in [5.74, 6) is 0.812. The monoisotopic (exact) mass is 605 g/mol. The van der Waals surface area contributed by atoms with Crippen LogP contribution in [0.15, 0.2) is 145 Å². The van der Waals surface area contributed by atoms with Crippen LogP contribution < -0.4 is 0 Å². The second kappa shape index (κ2) is 10.4. The molecule has 1 aromatic heterocycles. The van der Waals surface area contributed by atoms with E-state index < -0.39 is 0 Å². The molecule has 0 saturated heterocycles. The fourth-order valence-electron chi connectivity index (χ4n) is 8.82. The molecule has 0 aliphatic heterocycles. The van der Waals surface area contributed by atoms with Gasteiger partial charge in [0, 0.05) is 27.1 Å². The molecule has 0 amide bonds. The number of hydrogen-bond donors (Lipinski definition) is 0. The molecule has 1 nitrogen and oxygen atoms in total. The van der Waals surface area contributed by atoms with Crippen LogP contribution in [0.3, 0.4) is 0 Å². The highest BCUT2D eigenvalue weighted by atomic mass is 15.0. The highest BCUT2D eigenvalue weighted by molar-refractivity contribution is 6.19. The molecule has 2 atom stereocenters. The van der Waals surface area contributed by atoms with Crippen molar-refractivity contribution in [3.05, 3.63) is 167 Å². The molecular formula is C46H39N. The Hall–Kier alpha value is -5.14. The molecule has 1 unspecified atom stereocenters. The zero-order chi connectivity index (χ0) is 31.9. The topological polar surface area (TPSA) is 4.93 Å². The minimum Gasteiger partial charge on any atom is -0.308 e. The van der Waals surface area contributed by atoms with Gasteiger partial charge in [0.25, 0.3) is 0 Å². The molecule has 0 saturated carbocycles. The first-order valence-electron chi connectivity index (χ1n) is 17.1. The normalized spacial score (nSPS) is 17.4. The molecular weight excluding hydrogens is 567 g/mol. The number of hydrogen-bond acceptors (Lipinski definition) is 0. The lowest BCUT2D eigenvalue weighted by atomic mass is 9.72. The van der Waals surface area contributed by atoms with E-state index in [0.717, 1.165) is 6.42 Å². The van der Waals surface area contributed by atoms with Gasteiger partial charge in [-0.25, -0.2) is 0 Å². The van der Waals surface area contributed by atoms with E-state index in [1.165, 1.54) is 77.2 Å². The number of para-hydroxylation sites is 1. The largest absolute Gasteiger partial charge is 0.308 e. The zero-order valence-corrected chi connectivity index (χ0v) is 27.6. The third-order valence-electron chi connectivity index (χ3n) is 11.3. The standard InChI is InChI=1S/C46H39N/c1-29-14-5-7-16-33(29)36-19-10-9-17-34(36)30(2)32-25-27-39-41(28-32)46(3,4)40-21-13-23-43(44(39)40)47-42-22-12-11-20-37(42)38-26-24-31-15-6-8-18-35(31)45(38)47/h5-27,30,32H,28H2,1-4H3/t30-,32?/m0/s1. The van der Waals surface area contributed by atoms with Crippen molar-refractivity contribution in [2.45, 2.75) is 45.4 Å². The minimum atomic E-state index is -0.0558. The van der Waals surface area contributed by atoms with E-state index >= 15 is 0 Å². The SMILES string of the molecule is Cc1ccccc1-c1ccccc1[C@@H](C)C1C=CC2=C(C1)C(C)(C)c1cccc(-n3c4ccccc4c4ccc5ccccc5c43)c12. The molecule has 2 aliphatic carbocycles. The van der Waals surface area contributed by atoms with Gasteiger partial charge in [-0.2, -0.15) is 0 Å². The highest BCUT2D eigenvalue weighted by Gasteiger charge is 2.41. The number of rotatable bonds is 4. The van der Waals surface area contributed by atoms with E-state index in [-0.39, 0.29) is 5.41 Å². The maximum atomic E-state index is 2.55. The van der Waals surface area contributed by atoms with E-state index in [2.05, 4.69) is 172 Å². The Morgan fingerprint density at radius 2 is 1.40 bits per heavy atom. The van der Waals surface area contributed by atoms with Gasteiger partial charge in [0.05, 0.1) is 16.7 Å². The average molecular weight is 606 g/mol. The Balaban J connectivity index is 1.20. The fourth-order valence-corrected chi connectivity index (χ4v) is 8.82. The Labute approximate surface area is 277 Å². The summed E-state index contributed by atoms with van der Waals surface area (Å²) in [7, 11) is 0. The van der Waals surface area contributed by atoms with Crippen molar-refractivity contribution >= 4 is 38.2 Å². The zero-order valence-electron chi connectivity index (χ0n) is 27.6. The predicted octanol–water partition coefficient (Wildman–Crippen LogP) is 12.3. The van der Waals surface area contributed by atoms with Crippen LogP contribution in [-0.4, -0.2) is 4.57 Å². The lowest BCUT2D eigenvalue weighted by molar-refractivity contribution is 0.490. The molecule has 6 aromatic carbocycles. The molecule has 0 N–H and O–H groups in total. The molecule has 47 heavy (non-hydrogen) atoms. The van der Waals surface area contributed by atoms with Crippen molar-refractivity contribution < 1.29 is 0 Å². The van der Waals surface area contributed by atoms with Gasteiger partial charge in [-0.15, -0.1) is 0 Å². The molecule has 0 fully saturated rings. The Morgan fingerprint density at radius 1 is 0.681 bits per heavy atom. The van der Waals surface area contributed by atoms with Crippen LogP contribution in [0.4, 0.5) is 0 Å². The first-order chi connectivity index (χ1) is 22.9. The summed E-state index contributed by atoms with van der Waals surface area (Å²) >= 11 is 0. The van der Waals surface area contributed by atoms with Gasteiger partial charge in [0.2, 0.25) is 0 Å². The van der Waals surface area contributed by atoms with Gasteiger partial charge in [0.1, 0.15) is 0 Å². The van der Waals surface area contributed by atoms with E-state index in [1.807, 2.05) is 0 Å². The fraction of sp³-hybridized carbons (Fsp3) is 0.174. The molecule has 9 rings (SSSR count). The second-order valence-electron chi connectivity index (χ2n) is 14.2. The predicted molar refractivity (Wildman–Crippen MR) is 201 cm³/mol. The number of aromatic nitrogens is 1. The smallest absolute Gasteiger partial charge is 0.0619 e. The Bertz CT molecular complexity index is 2450. The molecule has 1 heteroatoms. The third-order valence-corrected chi connectivity index (χ3v) is 11.3. The molecule has 7 aromatic rings. The Morgan fingerprint density at radius 3 is 2.26 bits per heavy atom. The summed E-state index contributed by atoms with van der Waals surface area (Å²) in [6, 6.07) is 47.2. The summed E-state index contributed by atoms with van der Waals surface area (Å²) in [6.07, 6.45) is 6.05. The van der Waals surface area contributed by atoms with Gasteiger partial charge in [-0.05, 0) is 76.1 Å². The lowest BCUT2D eigenvalue weighted by Crippen LogP contribution is -2.22. The highest BCUT2D eigenvalue weighted by Crippen LogP contribution is 2.55. The van der Waals surface area contributed by atoms with Crippen molar-refractivity contribution in [2.24, 2.45) is 5.92 Å². The van der Waals surface area contributed by atoms with Crippen molar-refractivity contribution in [2.75, 3.05) is 0 Å². The molecule has 2 aliphatic rings. The van der Waals surface area contributed by atoms with Gasteiger partial charge in [0.15, 0.2) is 0 Å². The Kier molecular flexibility index (Phi) is 6.24. The summed E-state index contributed by atoms with van der Waals surface area (Å²) in [5.41, 5.74) is 15.1. The van der Waals surface area contributed by atoms with Crippen LogP contribution in [0.5, 0.6) is 0 Å². The van der Waals surface area contributed by atoms with Crippen molar-refractivity contribution in [1.82, 2.24) is 4.57 Å². The van der Waals surface area contributed by atoms with Crippen molar-refractivity contribution in [3.8, 4) is 16.8 Å². The first kappa shape index (κ1) is 28.1. The van der Waals surface area contributed by atoms with Gasteiger partial charge in [-0.1, -0.05) is 154 Å². The average Bonchev–Trinajstić information content (AvgIpc) is 3.57. The van der Waals surface area contributed by atoms with Crippen LogP contribution in [0.1, 0.15) is 55.4 Å². The van der Waals surface area contributed by atoms with Crippen LogP contribution >= 0.6 is 0 Å². The van der Waals surface area contributed by atoms with Crippen LogP contribution in [0.25, 0.3) is 55.0 Å². The molecule has 0 radical (unpaired) electrons. The van der Waals surface area contributed by atoms with Crippen LogP contribution in [0, 0.1) is 12.8 Å². The minimum absolute atomic E-state index is 0.0558. The first-order valence-corrected chi connectivity index (χ1v) is 17.1. The van der Waals surface area contributed by atoms with Crippen molar-refractivity contribution in [1.29, 1.82) is 0 Å². The number of fused-ring (bicyclic) bond motifs is 7. The summed E-state index contributed by atoms with van der Waals surface area (Å²) in [5, 5.41) is 5.18. The lowest BCUT2D eigenvalue weighted by Gasteiger charge is -2.32. The van der Waals surface area contributed by atoms with Crippen LogP contribution in [0.2, 0.25) is 0 Å². The molecule has 0 bridgehead atoms. The quantitative estimate of drug-likeness (QED) is 0.188. The maximum Gasteiger partial charge on any atom is 0.0619 e. The summed E-state index contributed by atoms with van der Waals surface area (Å²) in [4.78, 5) is 0. The number of benzene rings is 6. The molecule has 228 valence electrons. The summed E-state index contributed by atoms with van der Waals surface area (Å²) < 4.78 is 2.55. The maximum absolute atomic E-state index is 2.55. The van der Waals surface area contributed by atoms with E-state index in [4.69, 9.17) is 0 Å². The second-order valence-corrected chi connectivity index (χ2v) is 14.2. The number of nitrogens with zero attached hydrogens (tertiary/aromatic N) is 1. The van der Waals surface area contributed by atoms with E-state index in [0.29, 0.717) is 11.8 Å². The van der Waals surface area contributed by atoms with Crippen LogP contribution in [-0.2, 0) is 5.41 Å². The molecule has 0 spiro atoms. The number of allylic oxidation sites excluding steroid dienone is 4. The third kappa shape index (κ3) is 4.09. The number of aryl methyl sites for hydroxylation is 1. The van der Waals surface area contributed by atoms with E-state index in [9.17, 15) is 0 Å². The van der Waals surface area contributed by atoms with E-state index in [1.54, 1.807) is 5.57 Å². The molecule has 1 heterocycles. The van der Waals surface area contributed by atoms with Gasteiger partial charge in [-0.3, -0.25) is 0 Å².